The number of hydrogen-bond donors (Lipinski definition) is 1. The lowest BCUT2D eigenvalue weighted by atomic mass is 9.93. The normalized spacial score (nSPS) is 19.8. The molecule has 1 aliphatic carbocycles. The van der Waals surface area contributed by atoms with Crippen LogP contribution < -0.4 is 10.3 Å². The molecule has 0 bridgehead atoms. The Labute approximate surface area is 188 Å². The first-order valence-corrected chi connectivity index (χ1v) is 10.6. The van der Waals surface area contributed by atoms with Crippen molar-refractivity contribution >= 4 is 22.5 Å². The van der Waals surface area contributed by atoms with Crippen LogP contribution in [0.3, 0.4) is 0 Å². The van der Waals surface area contributed by atoms with Gasteiger partial charge in [-0.15, -0.1) is 0 Å². The molecule has 0 unspecified atom stereocenters. The topological polar surface area (TPSA) is 80.8 Å². The lowest BCUT2D eigenvalue weighted by molar-refractivity contribution is 0.269. The summed E-state index contributed by atoms with van der Waals surface area (Å²) < 4.78 is 20.2. The molecule has 0 spiro atoms. The molecule has 2 heterocycles. The van der Waals surface area contributed by atoms with Crippen molar-refractivity contribution in [2.24, 2.45) is 0 Å². The summed E-state index contributed by atoms with van der Waals surface area (Å²) >= 11 is 6.02. The van der Waals surface area contributed by atoms with E-state index in [9.17, 15) is 9.18 Å². The third-order valence-corrected chi connectivity index (χ3v) is 6.27. The van der Waals surface area contributed by atoms with Crippen molar-refractivity contribution in [1.29, 1.82) is 0 Å². The van der Waals surface area contributed by atoms with E-state index in [4.69, 9.17) is 16.3 Å². The van der Waals surface area contributed by atoms with Crippen LogP contribution in [0.5, 0.6) is 5.75 Å². The molecule has 1 aliphatic rings. The minimum atomic E-state index is -0.532. The van der Waals surface area contributed by atoms with Crippen LogP contribution in [0, 0.1) is 19.7 Å². The van der Waals surface area contributed by atoms with Crippen molar-refractivity contribution in [1.82, 2.24) is 19.9 Å². The van der Waals surface area contributed by atoms with E-state index >= 15 is 0 Å². The second-order valence-electron chi connectivity index (χ2n) is 8.19. The van der Waals surface area contributed by atoms with Gasteiger partial charge in [-0.2, -0.15) is 0 Å². The van der Waals surface area contributed by atoms with Crippen LogP contribution in [0.25, 0.3) is 10.9 Å². The Kier molecular flexibility index (Phi) is 4.93. The maximum absolute atomic E-state index is 14.1. The van der Waals surface area contributed by atoms with Gasteiger partial charge in [0, 0.05) is 16.4 Å². The van der Waals surface area contributed by atoms with Gasteiger partial charge in [-0.25, -0.2) is 19.3 Å². The first-order valence-electron chi connectivity index (χ1n) is 10.2. The molecule has 2 aromatic heterocycles. The maximum Gasteiger partial charge on any atom is 0.258 e. The molecule has 0 amide bonds. The van der Waals surface area contributed by atoms with E-state index in [-0.39, 0.29) is 23.9 Å². The highest BCUT2D eigenvalue weighted by Gasteiger charge is 2.58. The molecule has 5 rings (SSSR count). The number of halogens is 2. The number of nitrogens with one attached hydrogen (secondary N) is 1. The second kappa shape index (κ2) is 7.67. The van der Waals surface area contributed by atoms with Gasteiger partial charge in [-0.1, -0.05) is 23.7 Å². The average Bonchev–Trinajstić information content (AvgIpc) is 3.49. The Morgan fingerprint density at radius 2 is 2.06 bits per heavy atom. The lowest BCUT2D eigenvalue weighted by Crippen LogP contribution is -2.22. The van der Waals surface area contributed by atoms with Crippen LogP contribution in [0.2, 0.25) is 5.02 Å². The lowest BCUT2D eigenvalue weighted by Gasteiger charge is -2.20. The second-order valence-corrected chi connectivity index (χ2v) is 8.63. The molecule has 32 heavy (non-hydrogen) atoms. The van der Waals surface area contributed by atoms with Crippen molar-refractivity contribution in [3.8, 4) is 5.75 Å². The highest BCUT2D eigenvalue weighted by Crippen LogP contribution is 2.59. The zero-order chi connectivity index (χ0) is 22.5. The van der Waals surface area contributed by atoms with Gasteiger partial charge in [0.25, 0.3) is 5.56 Å². The smallest absolute Gasteiger partial charge is 0.258 e. The van der Waals surface area contributed by atoms with Crippen molar-refractivity contribution in [2.75, 3.05) is 6.61 Å². The number of aromatic amines is 1. The number of H-pyrrole nitrogens is 1. The summed E-state index contributed by atoms with van der Waals surface area (Å²) in [5.41, 5.74) is 1.31. The number of rotatable bonds is 5. The molecule has 1 saturated carbocycles. The van der Waals surface area contributed by atoms with E-state index in [0.717, 1.165) is 11.3 Å². The first kappa shape index (κ1) is 20.6. The minimum Gasteiger partial charge on any atom is -0.489 e. The number of aryl methyl sites for hydroxylation is 2. The Morgan fingerprint density at radius 1 is 1.22 bits per heavy atom. The monoisotopic (exact) mass is 450 g/mol. The van der Waals surface area contributed by atoms with Crippen LogP contribution >= 0.6 is 11.6 Å². The van der Waals surface area contributed by atoms with Gasteiger partial charge in [0.1, 0.15) is 17.5 Å². The number of benzene rings is 2. The van der Waals surface area contributed by atoms with Crippen LogP contribution in [0.15, 0.2) is 53.5 Å². The predicted molar refractivity (Wildman–Crippen MR) is 120 cm³/mol. The fraction of sp³-hybridized carbons (Fsp3) is 0.250. The fourth-order valence-corrected chi connectivity index (χ4v) is 4.41. The molecule has 0 saturated heterocycles. The number of ether oxygens (including phenoxy) is 1. The highest BCUT2D eigenvalue weighted by atomic mass is 35.5. The zero-order valence-electron chi connectivity index (χ0n) is 17.5. The fourth-order valence-electron chi connectivity index (χ4n) is 4.24. The Morgan fingerprint density at radius 3 is 2.84 bits per heavy atom. The van der Waals surface area contributed by atoms with Crippen LogP contribution in [-0.4, -0.2) is 26.5 Å². The third-order valence-electron chi connectivity index (χ3n) is 6.03. The van der Waals surface area contributed by atoms with Gasteiger partial charge < -0.3 is 9.72 Å². The van der Waals surface area contributed by atoms with Gasteiger partial charge in [0.15, 0.2) is 5.75 Å². The van der Waals surface area contributed by atoms with E-state index < -0.39 is 5.41 Å². The van der Waals surface area contributed by atoms with Gasteiger partial charge in [0.05, 0.1) is 29.4 Å². The summed E-state index contributed by atoms with van der Waals surface area (Å²) in [5.74, 6) is 1.33. The quantitative estimate of drug-likeness (QED) is 0.479. The molecule has 8 heteroatoms. The largest absolute Gasteiger partial charge is 0.489 e. The maximum atomic E-state index is 14.1. The molecule has 2 atom stereocenters. The summed E-state index contributed by atoms with van der Waals surface area (Å²) in [4.78, 5) is 28.8. The molecule has 1 N–H and O–H groups in total. The molecular formula is C24H20ClFN4O2. The molecule has 2 aromatic carbocycles. The highest BCUT2D eigenvalue weighted by molar-refractivity contribution is 6.31. The van der Waals surface area contributed by atoms with Crippen molar-refractivity contribution < 1.29 is 9.13 Å². The number of fused-ring (bicyclic) bond motifs is 1. The van der Waals surface area contributed by atoms with Crippen molar-refractivity contribution in [3.05, 3.63) is 92.8 Å². The van der Waals surface area contributed by atoms with Gasteiger partial charge in [-0.05, 0) is 56.2 Å². The molecule has 6 nitrogen and oxygen atoms in total. The Hall–Kier alpha value is -3.32. The zero-order valence-corrected chi connectivity index (χ0v) is 18.3. The molecule has 4 aromatic rings. The first-order chi connectivity index (χ1) is 15.4. The molecular weight excluding hydrogens is 431 g/mol. The minimum absolute atomic E-state index is 0.135. The van der Waals surface area contributed by atoms with E-state index in [1.54, 1.807) is 30.5 Å². The number of hydrogen-bond acceptors (Lipinski definition) is 5. The van der Waals surface area contributed by atoms with Crippen molar-refractivity contribution in [2.45, 2.75) is 31.6 Å². The summed E-state index contributed by atoms with van der Waals surface area (Å²) in [6.45, 7) is 3.95. The van der Waals surface area contributed by atoms with E-state index in [2.05, 4.69) is 19.9 Å². The van der Waals surface area contributed by atoms with Gasteiger partial charge >= 0.3 is 0 Å². The van der Waals surface area contributed by atoms with Crippen LogP contribution in [-0.2, 0) is 5.41 Å². The van der Waals surface area contributed by atoms with E-state index in [1.807, 2.05) is 19.9 Å². The van der Waals surface area contributed by atoms with E-state index in [1.165, 1.54) is 12.1 Å². The summed E-state index contributed by atoms with van der Waals surface area (Å²) in [5, 5.41) is 0.907. The SMILES string of the molecule is Cc1ncc(OC[C@@]2(c3cccc(F)c3)C[C@H]2c2nc3ccc(Cl)cc3c(=O)[nH]2)c(C)n1. The Bertz CT molecular complexity index is 1410. The van der Waals surface area contributed by atoms with Crippen LogP contribution in [0.4, 0.5) is 4.39 Å². The predicted octanol–water partition coefficient (Wildman–Crippen LogP) is 4.63. The summed E-state index contributed by atoms with van der Waals surface area (Å²) in [6, 6.07) is 11.5. The van der Waals surface area contributed by atoms with Gasteiger partial charge in [0.2, 0.25) is 0 Å². The van der Waals surface area contributed by atoms with Gasteiger partial charge in [-0.3, -0.25) is 4.79 Å². The number of nitrogens with zero attached hydrogens (tertiary/aromatic N) is 3. The van der Waals surface area contributed by atoms with E-state index in [0.29, 0.717) is 39.7 Å². The Balaban J connectivity index is 1.53. The molecule has 0 aliphatic heterocycles. The summed E-state index contributed by atoms with van der Waals surface area (Å²) in [7, 11) is 0. The average molecular weight is 451 g/mol. The third kappa shape index (κ3) is 3.62. The number of aromatic nitrogens is 4. The standard InChI is InChI=1S/C24H20ClFN4O2/c1-13-21(11-27-14(2)28-13)32-12-24(15-4-3-5-17(26)8-15)10-19(24)22-29-20-7-6-16(25)9-18(20)23(31)30-22/h3-9,11,19H,10,12H2,1-2H3,(H,29,30,31)/t19-,24+/m0/s1. The van der Waals surface area contributed by atoms with Crippen LogP contribution in [0.1, 0.15) is 35.2 Å². The summed E-state index contributed by atoms with van der Waals surface area (Å²) in [6.07, 6.45) is 2.30. The molecule has 1 fully saturated rings. The van der Waals surface area contributed by atoms with Crippen molar-refractivity contribution in [3.63, 3.8) is 0 Å². The molecule has 162 valence electrons. The molecule has 0 radical (unpaired) electrons.